The first-order valence-electron chi connectivity index (χ1n) is 6.48. The number of benzene rings is 2. The topological polar surface area (TPSA) is 72.5 Å². The zero-order valence-electron chi connectivity index (χ0n) is 11.3. The summed E-state index contributed by atoms with van der Waals surface area (Å²) in [6.45, 7) is 2.56. The molecule has 0 aliphatic carbocycles. The molecule has 2 rings (SSSR count). The lowest BCUT2D eigenvalue weighted by Gasteiger charge is -2.09. The van der Waals surface area contributed by atoms with Crippen molar-refractivity contribution in [3.8, 4) is 11.5 Å². The van der Waals surface area contributed by atoms with Gasteiger partial charge in [0, 0.05) is 11.3 Å². The molecule has 0 fully saturated rings. The van der Waals surface area contributed by atoms with Gasteiger partial charge in [-0.15, -0.1) is 0 Å². The van der Waals surface area contributed by atoms with Gasteiger partial charge in [0.05, 0.1) is 12.2 Å². The fourth-order valence-corrected chi connectivity index (χ4v) is 1.86. The number of anilines is 1. The predicted octanol–water partition coefficient (Wildman–Crippen LogP) is 2.99. The van der Waals surface area contributed by atoms with Crippen LogP contribution in [0.3, 0.4) is 0 Å². The molecular formula is C16H17NO3. The van der Waals surface area contributed by atoms with Crippen molar-refractivity contribution >= 4 is 11.5 Å². The molecule has 4 heteroatoms. The Kier molecular flexibility index (Phi) is 4.25. The fraction of sp³-hybridized carbons (Fsp3) is 0.188. The molecule has 3 N–H and O–H groups in total. The largest absolute Gasteiger partial charge is 0.507 e. The number of ketones is 1. The van der Waals surface area contributed by atoms with Crippen molar-refractivity contribution in [1.29, 1.82) is 0 Å². The van der Waals surface area contributed by atoms with E-state index < -0.39 is 0 Å². The molecule has 0 heterocycles. The van der Waals surface area contributed by atoms with Crippen molar-refractivity contribution in [2.75, 3.05) is 12.3 Å². The molecule has 0 spiro atoms. The summed E-state index contributed by atoms with van der Waals surface area (Å²) in [5.74, 6) is 0.159. The SMILES string of the molecule is CCCOc1ccc(O)c(C(=O)c2ccccc2N)c1. The van der Waals surface area contributed by atoms with Crippen LogP contribution in [0.1, 0.15) is 29.3 Å². The summed E-state index contributed by atoms with van der Waals surface area (Å²) in [5.41, 5.74) is 6.74. The van der Waals surface area contributed by atoms with Crippen LogP contribution in [-0.2, 0) is 0 Å². The van der Waals surface area contributed by atoms with E-state index in [0.29, 0.717) is 23.6 Å². The zero-order valence-corrected chi connectivity index (χ0v) is 11.3. The smallest absolute Gasteiger partial charge is 0.198 e. The van der Waals surface area contributed by atoms with E-state index in [4.69, 9.17) is 10.5 Å². The van der Waals surface area contributed by atoms with E-state index >= 15 is 0 Å². The molecule has 0 unspecified atom stereocenters. The van der Waals surface area contributed by atoms with E-state index in [1.54, 1.807) is 36.4 Å². The second kappa shape index (κ2) is 6.10. The highest BCUT2D eigenvalue weighted by molar-refractivity contribution is 6.13. The van der Waals surface area contributed by atoms with E-state index in [1.165, 1.54) is 6.07 Å². The van der Waals surface area contributed by atoms with Crippen LogP contribution in [0.4, 0.5) is 5.69 Å². The third-order valence-electron chi connectivity index (χ3n) is 2.89. The van der Waals surface area contributed by atoms with E-state index in [-0.39, 0.29) is 17.1 Å². The van der Waals surface area contributed by atoms with Crippen molar-refractivity contribution in [2.45, 2.75) is 13.3 Å². The molecule has 104 valence electrons. The number of phenols is 1. The summed E-state index contributed by atoms with van der Waals surface area (Å²) < 4.78 is 5.47. The number of phenolic OH excluding ortho intramolecular Hbond substituents is 1. The summed E-state index contributed by atoms with van der Waals surface area (Å²) in [6, 6.07) is 11.4. The van der Waals surface area contributed by atoms with Gasteiger partial charge in [-0.25, -0.2) is 0 Å². The number of para-hydroxylation sites is 1. The lowest BCUT2D eigenvalue weighted by Crippen LogP contribution is -2.06. The Hall–Kier alpha value is -2.49. The van der Waals surface area contributed by atoms with Crippen molar-refractivity contribution < 1.29 is 14.6 Å². The first kappa shape index (κ1) is 13.9. The van der Waals surface area contributed by atoms with Crippen LogP contribution in [0.15, 0.2) is 42.5 Å². The van der Waals surface area contributed by atoms with Crippen LogP contribution in [0.25, 0.3) is 0 Å². The van der Waals surface area contributed by atoms with Gasteiger partial charge in [0.25, 0.3) is 0 Å². The molecule has 4 nitrogen and oxygen atoms in total. The predicted molar refractivity (Wildman–Crippen MR) is 78.2 cm³/mol. The van der Waals surface area contributed by atoms with Gasteiger partial charge in [0.1, 0.15) is 11.5 Å². The van der Waals surface area contributed by atoms with E-state index in [2.05, 4.69) is 0 Å². The molecule has 2 aromatic carbocycles. The molecule has 0 atom stereocenters. The van der Waals surface area contributed by atoms with Gasteiger partial charge in [-0.3, -0.25) is 4.79 Å². The summed E-state index contributed by atoms with van der Waals surface area (Å²) in [5, 5.41) is 9.87. The molecule has 0 aliphatic rings. The second-order valence-electron chi connectivity index (χ2n) is 4.44. The second-order valence-corrected chi connectivity index (χ2v) is 4.44. The summed E-state index contributed by atoms with van der Waals surface area (Å²) in [4.78, 5) is 12.4. The van der Waals surface area contributed by atoms with Gasteiger partial charge in [0.15, 0.2) is 5.78 Å². The summed E-state index contributed by atoms with van der Waals surface area (Å²) >= 11 is 0. The summed E-state index contributed by atoms with van der Waals surface area (Å²) in [6.07, 6.45) is 0.871. The minimum Gasteiger partial charge on any atom is -0.507 e. The average molecular weight is 271 g/mol. The Labute approximate surface area is 117 Å². The maximum absolute atomic E-state index is 12.4. The highest BCUT2D eigenvalue weighted by atomic mass is 16.5. The van der Waals surface area contributed by atoms with Gasteiger partial charge in [-0.2, -0.15) is 0 Å². The zero-order chi connectivity index (χ0) is 14.5. The molecule has 0 bridgehead atoms. The first-order valence-corrected chi connectivity index (χ1v) is 6.48. The van der Waals surface area contributed by atoms with Gasteiger partial charge in [-0.05, 0) is 36.8 Å². The monoisotopic (exact) mass is 271 g/mol. The molecule has 2 aromatic rings. The number of ether oxygens (including phenoxy) is 1. The maximum atomic E-state index is 12.4. The van der Waals surface area contributed by atoms with Crippen LogP contribution in [0, 0.1) is 0 Å². The van der Waals surface area contributed by atoms with Crippen molar-refractivity contribution in [1.82, 2.24) is 0 Å². The molecule has 0 aromatic heterocycles. The number of hydrogen-bond donors (Lipinski definition) is 2. The molecule has 0 aliphatic heterocycles. The van der Waals surface area contributed by atoms with Crippen molar-refractivity contribution in [3.63, 3.8) is 0 Å². The molecular weight excluding hydrogens is 254 g/mol. The number of nitrogen functional groups attached to an aromatic ring is 1. The Balaban J connectivity index is 2.36. The number of aromatic hydroxyl groups is 1. The Bertz CT molecular complexity index is 623. The number of carbonyl (C=O) groups excluding carboxylic acids is 1. The van der Waals surface area contributed by atoms with Crippen LogP contribution in [0.5, 0.6) is 11.5 Å². The highest BCUT2D eigenvalue weighted by Crippen LogP contribution is 2.27. The quantitative estimate of drug-likeness (QED) is 0.647. The summed E-state index contributed by atoms with van der Waals surface area (Å²) in [7, 11) is 0. The molecule has 0 saturated heterocycles. The minimum absolute atomic E-state index is 0.0814. The van der Waals surface area contributed by atoms with E-state index in [1.807, 2.05) is 6.92 Å². The molecule has 20 heavy (non-hydrogen) atoms. The van der Waals surface area contributed by atoms with E-state index in [9.17, 15) is 9.90 Å². The third-order valence-corrected chi connectivity index (χ3v) is 2.89. The van der Waals surface area contributed by atoms with Gasteiger partial charge in [-0.1, -0.05) is 19.1 Å². The Morgan fingerprint density at radius 3 is 2.65 bits per heavy atom. The van der Waals surface area contributed by atoms with Crippen LogP contribution >= 0.6 is 0 Å². The van der Waals surface area contributed by atoms with Gasteiger partial charge in [0.2, 0.25) is 0 Å². The fourth-order valence-electron chi connectivity index (χ4n) is 1.86. The Morgan fingerprint density at radius 1 is 1.20 bits per heavy atom. The van der Waals surface area contributed by atoms with Crippen LogP contribution in [0.2, 0.25) is 0 Å². The number of carbonyl (C=O) groups is 1. The number of nitrogens with two attached hydrogens (primary N) is 1. The normalized spacial score (nSPS) is 10.2. The van der Waals surface area contributed by atoms with Crippen molar-refractivity contribution in [3.05, 3.63) is 53.6 Å². The standard InChI is InChI=1S/C16H17NO3/c1-2-9-20-11-7-8-15(18)13(10-11)16(19)12-5-3-4-6-14(12)17/h3-8,10,18H,2,9,17H2,1H3. The van der Waals surface area contributed by atoms with E-state index in [0.717, 1.165) is 6.42 Å². The Morgan fingerprint density at radius 2 is 1.95 bits per heavy atom. The maximum Gasteiger partial charge on any atom is 0.198 e. The van der Waals surface area contributed by atoms with Crippen LogP contribution < -0.4 is 10.5 Å². The highest BCUT2D eigenvalue weighted by Gasteiger charge is 2.16. The van der Waals surface area contributed by atoms with Gasteiger partial charge < -0.3 is 15.6 Å². The molecule has 0 amide bonds. The number of rotatable bonds is 5. The lowest BCUT2D eigenvalue weighted by atomic mass is 10.0. The van der Waals surface area contributed by atoms with Crippen LogP contribution in [-0.4, -0.2) is 17.5 Å². The molecule has 0 saturated carbocycles. The lowest BCUT2D eigenvalue weighted by molar-refractivity contribution is 0.103. The number of hydrogen-bond acceptors (Lipinski definition) is 4. The average Bonchev–Trinajstić information content (AvgIpc) is 2.46. The first-order chi connectivity index (χ1) is 9.63. The molecule has 0 radical (unpaired) electrons. The third kappa shape index (κ3) is 2.91. The van der Waals surface area contributed by atoms with Crippen molar-refractivity contribution in [2.24, 2.45) is 0 Å². The minimum atomic E-state index is -0.317. The van der Waals surface area contributed by atoms with Gasteiger partial charge >= 0.3 is 0 Å².